The van der Waals surface area contributed by atoms with E-state index in [2.05, 4.69) is 5.32 Å². The van der Waals surface area contributed by atoms with Gasteiger partial charge in [-0.05, 0) is 49.2 Å². The second-order valence-electron chi connectivity index (χ2n) is 7.11. The Bertz CT molecular complexity index is 1020. The molecule has 2 aromatic carbocycles. The summed E-state index contributed by atoms with van der Waals surface area (Å²) in [5, 5.41) is 3.75. The number of rotatable bonds is 6. The number of hydrogen-bond donors (Lipinski definition) is 1. The maximum atomic E-state index is 12.6. The number of carbonyl (C=O) groups is 2. The lowest BCUT2D eigenvalue weighted by Crippen LogP contribution is -2.32. The van der Waals surface area contributed by atoms with Gasteiger partial charge in [0.1, 0.15) is 12.4 Å². The largest absolute Gasteiger partial charge is 0.489 e. The molecule has 0 saturated heterocycles. The third-order valence-electron chi connectivity index (χ3n) is 5.08. The van der Waals surface area contributed by atoms with E-state index < -0.39 is 17.9 Å². The van der Waals surface area contributed by atoms with Crippen LogP contribution in [0.3, 0.4) is 0 Å². The molecule has 0 spiro atoms. The van der Waals surface area contributed by atoms with Gasteiger partial charge in [-0.15, -0.1) is 0 Å². The number of dihydropyridines is 1. The summed E-state index contributed by atoms with van der Waals surface area (Å²) in [5.74, 6) is -1.08. The molecule has 162 valence electrons. The smallest absolute Gasteiger partial charge is 0.336 e. The highest BCUT2D eigenvalue weighted by Crippen LogP contribution is 2.40. The fourth-order valence-corrected chi connectivity index (χ4v) is 3.75. The predicted octanol–water partition coefficient (Wildman–Crippen LogP) is 4.50. The first-order chi connectivity index (χ1) is 14.8. The van der Waals surface area contributed by atoms with Crippen LogP contribution in [0.15, 0.2) is 71.1 Å². The molecular formula is C24H24ClNO5. The summed E-state index contributed by atoms with van der Waals surface area (Å²) in [6.07, 6.45) is 0. The number of benzene rings is 2. The van der Waals surface area contributed by atoms with Gasteiger partial charge in [0.25, 0.3) is 0 Å². The van der Waals surface area contributed by atoms with Crippen LogP contribution in [0.5, 0.6) is 5.75 Å². The maximum absolute atomic E-state index is 12.6. The Morgan fingerprint density at radius 2 is 1.52 bits per heavy atom. The van der Waals surface area contributed by atoms with E-state index >= 15 is 0 Å². The van der Waals surface area contributed by atoms with E-state index in [-0.39, 0.29) is 0 Å². The van der Waals surface area contributed by atoms with Crippen molar-refractivity contribution in [2.24, 2.45) is 0 Å². The van der Waals surface area contributed by atoms with Gasteiger partial charge in [0, 0.05) is 16.4 Å². The molecule has 0 radical (unpaired) electrons. The molecule has 0 bridgehead atoms. The monoisotopic (exact) mass is 441 g/mol. The fourth-order valence-electron chi connectivity index (χ4n) is 3.62. The zero-order valence-electron chi connectivity index (χ0n) is 17.8. The molecule has 7 heteroatoms. The summed E-state index contributed by atoms with van der Waals surface area (Å²) in [6, 6.07) is 14.7. The first-order valence-corrected chi connectivity index (χ1v) is 10.1. The molecule has 1 aliphatic rings. The van der Waals surface area contributed by atoms with Gasteiger partial charge in [-0.2, -0.15) is 0 Å². The van der Waals surface area contributed by atoms with E-state index in [0.717, 1.165) is 11.1 Å². The minimum Gasteiger partial charge on any atom is -0.489 e. The summed E-state index contributed by atoms with van der Waals surface area (Å²) in [5.41, 5.74) is 3.62. The van der Waals surface area contributed by atoms with E-state index in [9.17, 15) is 9.59 Å². The molecule has 0 aromatic heterocycles. The van der Waals surface area contributed by atoms with Crippen molar-refractivity contribution in [2.75, 3.05) is 14.2 Å². The number of hydrogen-bond acceptors (Lipinski definition) is 6. The number of methoxy groups -OCH3 is 2. The average Bonchev–Trinajstić information content (AvgIpc) is 2.77. The van der Waals surface area contributed by atoms with Crippen molar-refractivity contribution in [3.05, 3.63) is 87.2 Å². The quantitative estimate of drug-likeness (QED) is 0.665. The van der Waals surface area contributed by atoms with E-state index in [4.69, 9.17) is 25.8 Å². The van der Waals surface area contributed by atoms with Gasteiger partial charge in [-0.3, -0.25) is 0 Å². The Kier molecular flexibility index (Phi) is 7.02. The Morgan fingerprint density at radius 3 is 2.06 bits per heavy atom. The Balaban J connectivity index is 1.98. The number of esters is 2. The summed E-state index contributed by atoms with van der Waals surface area (Å²) < 4.78 is 15.9. The molecule has 1 N–H and O–H groups in total. The highest BCUT2D eigenvalue weighted by atomic mass is 35.5. The second kappa shape index (κ2) is 9.71. The molecule has 1 aliphatic heterocycles. The number of ether oxygens (including phenoxy) is 3. The van der Waals surface area contributed by atoms with Crippen LogP contribution in [0.4, 0.5) is 0 Å². The summed E-state index contributed by atoms with van der Waals surface area (Å²) in [4.78, 5) is 25.2. The average molecular weight is 442 g/mol. The minimum atomic E-state index is -0.653. The Labute approximate surface area is 186 Å². The molecule has 3 rings (SSSR count). The van der Waals surface area contributed by atoms with Gasteiger partial charge in [-0.25, -0.2) is 9.59 Å². The lowest BCUT2D eigenvalue weighted by atomic mass is 9.80. The van der Waals surface area contributed by atoms with Crippen LogP contribution < -0.4 is 10.1 Å². The van der Waals surface area contributed by atoms with Gasteiger partial charge in [0.2, 0.25) is 0 Å². The molecule has 0 unspecified atom stereocenters. The first kappa shape index (κ1) is 22.4. The number of nitrogens with one attached hydrogen (secondary N) is 1. The Morgan fingerprint density at radius 1 is 0.935 bits per heavy atom. The van der Waals surface area contributed by atoms with Crippen molar-refractivity contribution in [3.8, 4) is 5.75 Å². The standard InChI is InChI=1S/C24H24ClNO5/c1-14-20(23(27)29-3)22(21(15(2)26-14)24(28)30-4)17-6-5-7-19(12-17)31-13-16-8-10-18(25)11-9-16/h5-12,22,26H,13H2,1-4H3. The zero-order valence-corrected chi connectivity index (χ0v) is 18.6. The molecule has 0 fully saturated rings. The van der Waals surface area contributed by atoms with Crippen LogP contribution in [-0.2, 0) is 25.7 Å². The van der Waals surface area contributed by atoms with Crippen molar-refractivity contribution >= 4 is 23.5 Å². The number of halogens is 1. The summed E-state index contributed by atoms with van der Waals surface area (Å²) in [6.45, 7) is 3.90. The van der Waals surface area contributed by atoms with Crippen LogP contribution >= 0.6 is 11.6 Å². The van der Waals surface area contributed by atoms with Crippen LogP contribution in [-0.4, -0.2) is 26.2 Å². The van der Waals surface area contributed by atoms with Crippen molar-refractivity contribution in [1.29, 1.82) is 0 Å². The predicted molar refractivity (Wildman–Crippen MR) is 118 cm³/mol. The molecule has 1 heterocycles. The third-order valence-corrected chi connectivity index (χ3v) is 5.33. The van der Waals surface area contributed by atoms with Crippen LogP contribution in [0, 0.1) is 0 Å². The molecular weight excluding hydrogens is 418 g/mol. The van der Waals surface area contributed by atoms with Crippen LogP contribution in [0.2, 0.25) is 5.02 Å². The lowest BCUT2D eigenvalue weighted by Gasteiger charge is -2.30. The molecule has 0 saturated carbocycles. The normalized spacial score (nSPS) is 14.2. The Hall–Kier alpha value is -3.25. The molecule has 2 aromatic rings. The van der Waals surface area contributed by atoms with Gasteiger partial charge < -0.3 is 19.5 Å². The molecule has 0 amide bonds. The zero-order chi connectivity index (χ0) is 22.5. The minimum absolute atomic E-state index is 0.350. The summed E-state index contributed by atoms with van der Waals surface area (Å²) in [7, 11) is 2.63. The molecule has 31 heavy (non-hydrogen) atoms. The molecule has 0 aliphatic carbocycles. The first-order valence-electron chi connectivity index (χ1n) is 9.68. The van der Waals surface area contributed by atoms with Crippen molar-refractivity contribution in [3.63, 3.8) is 0 Å². The van der Waals surface area contributed by atoms with Gasteiger partial charge in [0.15, 0.2) is 0 Å². The molecule has 0 atom stereocenters. The van der Waals surface area contributed by atoms with Gasteiger partial charge >= 0.3 is 11.9 Å². The summed E-state index contributed by atoms with van der Waals surface area (Å²) >= 11 is 5.93. The topological polar surface area (TPSA) is 73.9 Å². The lowest BCUT2D eigenvalue weighted by molar-refractivity contribution is -0.137. The van der Waals surface area contributed by atoms with E-state index in [0.29, 0.717) is 39.9 Å². The highest BCUT2D eigenvalue weighted by molar-refractivity contribution is 6.30. The highest BCUT2D eigenvalue weighted by Gasteiger charge is 2.37. The number of carbonyl (C=O) groups excluding carboxylic acids is 2. The van der Waals surface area contributed by atoms with Gasteiger partial charge in [-0.1, -0.05) is 35.9 Å². The SMILES string of the molecule is COC(=O)C1=C(C)NC(C)=C(C(=O)OC)C1c1cccc(OCc2ccc(Cl)cc2)c1. The van der Waals surface area contributed by atoms with Crippen molar-refractivity contribution in [2.45, 2.75) is 26.4 Å². The third kappa shape index (κ3) is 4.91. The van der Waals surface area contributed by atoms with Crippen molar-refractivity contribution in [1.82, 2.24) is 5.32 Å². The van der Waals surface area contributed by atoms with Crippen LogP contribution in [0.1, 0.15) is 30.9 Å². The van der Waals surface area contributed by atoms with Crippen molar-refractivity contribution < 1.29 is 23.8 Å². The van der Waals surface area contributed by atoms with E-state index in [1.54, 1.807) is 26.0 Å². The van der Waals surface area contributed by atoms with E-state index in [1.807, 2.05) is 36.4 Å². The second-order valence-corrected chi connectivity index (χ2v) is 7.54. The maximum Gasteiger partial charge on any atom is 0.336 e. The van der Waals surface area contributed by atoms with Gasteiger partial charge in [0.05, 0.1) is 31.3 Å². The molecule has 6 nitrogen and oxygen atoms in total. The van der Waals surface area contributed by atoms with E-state index in [1.165, 1.54) is 14.2 Å². The fraction of sp³-hybridized carbons (Fsp3) is 0.250. The van der Waals surface area contributed by atoms with Crippen LogP contribution in [0.25, 0.3) is 0 Å². The number of allylic oxidation sites excluding steroid dienone is 2.